The predicted molar refractivity (Wildman–Crippen MR) is 97.3 cm³/mol. The van der Waals surface area contributed by atoms with Crippen molar-refractivity contribution in [1.29, 1.82) is 0 Å². The molecule has 0 aliphatic carbocycles. The van der Waals surface area contributed by atoms with Crippen LogP contribution in [0, 0.1) is 0 Å². The van der Waals surface area contributed by atoms with E-state index in [-0.39, 0.29) is 24.2 Å². The summed E-state index contributed by atoms with van der Waals surface area (Å²) in [4.78, 5) is 26.2. The first-order valence-electron chi connectivity index (χ1n) is 8.68. The van der Waals surface area contributed by atoms with Crippen LogP contribution in [-0.4, -0.2) is 49.5 Å². The maximum absolute atomic E-state index is 12.3. The van der Waals surface area contributed by atoms with Crippen molar-refractivity contribution in [2.45, 2.75) is 18.9 Å². The predicted octanol–water partition coefficient (Wildman–Crippen LogP) is 2.12. The summed E-state index contributed by atoms with van der Waals surface area (Å²) in [6, 6.07) is 10.5. The van der Waals surface area contributed by atoms with Crippen LogP contribution in [0.5, 0.6) is 5.75 Å². The van der Waals surface area contributed by atoms with E-state index in [1.54, 1.807) is 36.4 Å². The van der Waals surface area contributed by atoms with E-state index < -0.39 is 0 Å². The Balaban J connectivity index is 1.53. The molecule has 2 N–H and O–H groups in total. The fraction of sp³-hybridized carbons (Fsp3) is 0.368. The number of carbonyl (C=O) groups excluding carboxylic acids is 2. The Morgan fingerprint density at radius 2 is 2.19 bits per heavy atom. The van der Waals surface area contributed by atoms with Crippen LogP contribution in [0.15, 0.2) is 47.1 Å². The standard InChI is InChI=1S/C19H23N3O4/c1-20-15-6-3-9-22(12-15)18(23)13-26-16-7-2-5-14(11-16)21-19(24)17-8-4-10-25-17/h2,4-5,7-8,10-11,15,20H,3,6,9,12-13H2,1H3,(H,21,24). The number of hydrogen-bond donors (Lipinski definition) is 2. The van der Waals surface area contributed by atoms with Gasteiger partial charge in [-0.05, 0) is 44.2 Å². The fourth-order valence-electron chi connectivity index (χ4n) is 2.94. The van der Waals surface area contributed by atoms with Gasteiger partial charge in [-0.15, -0.1) is 0 Å². The van der Waals surface area contributed by atoms with Gasteiger partial charge in [0.2, 0.25) is 0 Å². The molecule has 26 heavy (non-hydrogen) atoms. The Kier molecular flexibility index (Phi) is 5.91. The van der Waals surface area contributed by atoms with E-state index in [0.717, 1.165) is 19.4 Å². The molecule has 1 saturated heterocycles. The van der Waals surface area contributed by atoms with Crippen LogP contribution in [0.25, 0.3) is 0 Å². The van der Waals surface area contributed by atoms with Crippen LogP contribution in [0.3, 0.4) is 0 Å². The normalized spacial score (nSPS) is 17.0. The number of amides is 2. The summed E-state index contributed by atoms with van der Waals surface area (Å²) in [6.07, 6.45) is 3.52. The second-order valence-electron chi connectivity index (χ2n) is 6.22. The Hall–Kier alpha value is -2.80. The Labute approximate surface area is 152 Å². The summed E-state index contributed by atoms with van der Waals surface area (Å²) in [5.41, 5.74) is 0.574. The van der Waals surface area contributed by atoms with Gasteiger partial charge >= 0.3 is 0 Å². The highest BCUT2D eigenvalue weighted by Gasteiger charge is 2.22. The summed E-state index contributed by atoms with van der Waals surface area (Å²) in [5, 5.41) is 5.95. The molecule has 1 aromatic heterocycles. The molecule has 3 rings (SSSR count). The van der Waals surface area contributed by atoms with E-state index in [1.807, 2.05) is 11.9 Å². The lowest BCUT2D eigenvalue weighted by atomic mass is 10.1. The maximum atomic E-state index is 12.3. The van der Waals surface area contributed by atoms with Crippen LogP contribution >= 0.6 is 0 Å². The number of anilines is 1. The Morgan fingerprint density at radius 1 is 1.31 bits per heavy atom. The lowest BCUT2D eigenvalue weighted by Gasteiger charge is -2.32. The SMILES string of the molecule is CNC1CCCN(C(=O)COc2cccc(NC(=O)c3ccco3)c2)C1. The van der Waals surface area contributed by atoms with Crippen molar-refractivity contribution in [1.82, 2.24) is 10.2 Å². The largest absolute Gasteiger partial charge is 0.484 e. The summed E-state index contributed by atoms with van der Waals surface area (Å²) >= 11 is 0. The van der Waals surface area contributed by atoms with Gasteiger partial charge in [0.25, 0.3) is 11.8 Å². The molecule has 2 heterocycles. The highest BCUT2D eigenvalue weighted by molar-refractivity contribution is 6.02. The number of piperidine rings is 1. The van der Waals surface area contributed by atoms with Gasteiger partial charge in [-0.2, -0.15) is 0 Å². The number of benzene rings is 1. The fourth-order valence-corrected chi connectivity index (χ4v) is 2.94. The van der Waals surface area contributed by atoms with E-state index in [2.05, 4.69) is 10.6 Å². The third kappa shape index (κ3) is 4.64. The van der Waals surface area contributed by atoms with Gasteiger partial charge in [0.15, 0.2) is 12.4 Å². The van der Waals surface area contributed by atoms with Crippen LogP contribution in [0.2, 0.25) is 0 Å². The zero-order chi connectivity index (χ0) is 18.4. The van der Waals surface area contributed by atoms with Crippen molar-refractivity contribution < 1.29 is 18.7 Å². The van der Waals surface area contributed by atoms with E-state index >= 15 is 0 Å². The summed E-state index contributed by atoms with van der Waals surface area (Å²) in [5.74, 6) is 0.387. The molecular weight excluding hydrogens is 334 g/mol. The lowest BCUT2D eigenvalue weighted by Crippen LogP contribution is -2.48. The van der Waals surface area contributed by atoms with Crippen molar-refractivity contribution in [2.24, 2.45) is 0 Å². The zero-order valence-electron chi connectivity index (χ0n) is 14.7. The molecule has 2 aromatic rings. The molecule has 1 aliphatic heterocycles. The second kappa shape index (κ2) is 8.53. The van der Waals surface area contributed by atoms with E-state index in [4.69, 9.17) is 9.15 Å². The van der Waals surface area contributed by atoms with Crippen LogP contribution in [-0.2, 0) is 4.79 Å². The van der Waals surface area contributed by atoms with Crippen molar-refractivity contribution in [3.63, 3.8) is 0 Å². The third-order valence-corrected chi connectivity index (χ3v) is 4.38. The first kappa shape index (κ1) is 18.0. The monoisotopic (exact) mass is 357 g/mol. The molecule has 1 aromatic carbocycles. The number of likely N-dealkylation sites (N-methyl/N-ethyl adjacent to an activating group) is 1. The number of likely N-dealkylation sites (tertiary alicyclic amines) is 1. The zero-order valence-corrected chi connectivity index (χ0v) is 14.7. The molecule has 7 heteroatoms. The van der Waals surface area contributed by atoms with Gasteiger partial charge in [-0.25, -0.2) is 0 Å². The van der Waals surface area contributed by atoms with Crippen LogP contribution in [0.1, 0.15) is 23.4 Å². The van der Waals surface area contributed by atoms with Gasteiger partial charge in [0.1, 0.15) is 5.75 Å². The van der Waals surface area contributed by atoms with Gasteiger partial charge in [0.05, 0.1) is 6.26 Å². The minimum atomic E-state index is -0.338. The summed E-state index contributed by atoms with van der Waals surface area (Å²) in [7, 11) is 1.91. The number of hydrogen-bond acceptors (Lipinski definition) is 5. The van der Waals surface area contributed by atoms with Crippen molar-refractivity contribution >= 4 is 17.5 Å². The van der Waals surface area contributed by atoms with Gasteiger partial charge in [-0.1, -0.05) is 6.07 Å². The van der Waals surface area contributed by atoms with E-state index in [1.165, 1.54) is 6.26 Å². The maximum Gasteiger partial charge on any atom is 0.291 e. The smallest absolute Gasteiger partial charge is 0.291 e. The molecule has 0 saturated carbocycles. The summed E-state index contributed by atoms with van der Waals surface area (Å²) in [6.45, 7) is 1.45. The Morgan fingerprint density at radius 3 is 2.96 bits per heavy atom. The minimum absolute atomic E-state index is 0.0218. The summed E-state index contributed by atoms with van der Waals surface area (Å²) < 4.78 is 10.7. The van der Waals surface area contributed by atoms with E-state index in [0.29, 0.717) is 24.0 Å². The first-order chi connectivity index (χ1) is 12.7. The topological polar surface area (TPSA) is 83.8 Å². The van der Waals surface area contributed by atoms with Crippen molar-refractivity contribution in [3.8, 4) is 5.75 Å². The molecule has 2 amide bonds. The van der Waals surface area contributed by atoms with Gasteiger partial charge < -0.3 is 24.7 Å². The molecule has 138 valence electrons. The van der Waals surface area contributed by atoms with E-state index in [9.17, 15) is 9.59 Å². The molecule has 1 unspecified atom stereocenters. The number of furan rings is 1. The molecule has 1 aliphatic rings. The second-order valence-corrected chi connectivity index (χ2v) is 6.22. The highest BCUT2D eigenvalue weighted by atomic mass is 16.5. The van der Waals surface area contributed by atoms with Gasteiger partial charge in [-0.3, -0.25) is 9.59 Å². The highest BCUT2D eigenvalue weighted by Crippen LogP contribution is 2.19. The number of rotatable bonds is 6. The average Bonchev–Trinajstić information content (AvgIpc) is 3.21. The number of nitrogens with zero attached hydrogens (tertiary/aromatic N) is 1. The van der Waals surface area contributed by atoms with Crippen molar-refractivity contribution in [3.05, 3.63) is 48.4 Å². The molecule has 0 radical (unpaired) electrons. The molecule has 1 fully saturated rings. The number of nitrogens with one attached hydrogen (secondary N) is 2. The molecule has 0 bridgehead atoms. The minimum Gasteiger partial charge on any atom is -0.484 e. The molecule has 0 spiro atoms. The van der Waals surface area contributed by atoms with Gasteiger partial charge in [0, 0.05) is 30.9 Å². The van der Waals surface area contributed by atoms with Crippen LogP contribution in [0.4, 0.5) is 5.69 Å². The third-order valence-electron chi connectivity index (χ3n) is 4.38. The first-order valence-corrected chi connectivity index (χ1v) is 8.68. The number of carbonyl (C=O) groups is 2. The van der Waals surface area contributed by atoms with Crippen molar-refractivity contribution in [2.75, 3.05) is 32.1 Å². The molecule has 1 atom stereocenters. The average molecular weight is 357 g/mol. The Bertz CT molecular complexity index is 745. The molecule has 7 nitrogen and oxygen atoms in total. The lowest BCUT2D eigenvalue weighted by molar-refractivity contribution is -0.134. The molecular formula is C19H23N3O4. The quantitative estimate of drug-likeness (QED) is 0.827. The number of ether oxygens (including phenoxy) is 1. The van der Waals surface area contributed by atoms with Crippen LogP contribution < -0.4 is 15.4 Å².